The summed E-state index contributed by atoms with van der Waals surface area (Å²) in [6.45, 7) is 3.58. The molecule has 0 aromatic heterocycles. The van der Waals surface area contributed by atoms with Crippen molar-refractivity contribution in [1.82, 2.24) is 4.90 Å². The summed E-state index contributed by atoms with van der Waals surface area (Å²) >= 11 is 0. The molecule has 0 aliphatic carbocycles. The normalized spacial score (nSPS) is 18.0. The molecule has 0 saturated carbocycles. The van der Waals surface area contributed by atoms with Gasteiger partial charge in [0.25, 0.3) is 5.91 Å². The minimum atomic E-state index is -0.600. The van der Waals surface area contributed by atoms with Gasteiger partial charge in [-0.2, -0.15) is 0 Å². The minimum Gasteiger partial charge on any atom is -0.282 e. The molecule has 4 nitrogen and oxygen atoms in total. The van der Waals surface area contributed by atoms with Gasteiger partial charge in [-0.1, -0.05) is 35.9 Å². The monoisotopic (exact) mass is 312 g/mol. The van der Waals surface area contributed by atoms with E-state index in [9.17, 15) is 14.0 Å². The molecular weight excluding hydrogens is 295 g/mol. The molecule has 23 heavy (non-hydrogen) atoms. The highest BCUT2D eigenvalue weighted by atomic mass is 19.1. The lowest BCUT2D eigenvalue weighted by atomic mass is 10.2. The first-order chi connectivity index (χ1) is 11.0. The van der Waals surface area contributed by atoms with Crippen molar-refractivity contribution in [1.29, 1.82) is 0 Å². The Balaban J connectivity index is 1.89. The van der Waals surface area contributed by atoms with E-state index in [1.165, 1.54) is 11.0 Å². The highest BCUT2D eigenvalue weighted by Crippen LogP contribution is 2.27. The third-order valence-electron chi connectivity index (χ3n) is 4.05. The van der Waals surface area contributed by atoms with E-state index in [-0.39, 0.29) is 12.5 Å². The van der Waals surface area contributed by atoms with Crippen molar-refractivity contribution in [2.75, 3.05) is 4.90 Å². The van der Waals surface area contributed by atoms with Crippen LogP contribution in [-0.2, 0) is 11.3 Å². The Morgan fingerprint density at radius 3 is 2.35 bits per heavy atom. The highest BCUT2D eigenvalue weighted by Gasteiger charge is 2.43. The minimum absolute atomic E-state index is 0.0585. The second kappa shape index (κ2) is 5.83. The number of hydrogen-bond donors (Lipinski definition) is 0. The number of urea groups is 1. The molecule has 3 amide bonds. The van der Waals surface area contributed by atoms with Crippen LogP contribution in [0.3, 0.4) is 0 Å². The molecule has 118 valence electrons. The fourth-order valence-corrected chi connectivity index (χ4v) is 2.71. The van der Waals surface area contributed by atoms with Gasteiger partial charge in [0, 0.05) is 11.3 Å². The van der Waals surface area contributed by atoms with Crippen molar-refractivity contribution in [3.63, 3.8) is 0 Å². The van der Waals surface area contributed by atoms with Crippen LogP contribution < -0.4 is 4.90 Å². The molecule has 0 bridgehead atoms. The number of carbonyl (C=O) groups excluding carboxylic acids is 2. The summed E-state index contributed by atoms with van der Waals surface area (Å²) in [5, 5.41) is 0. The predicted molar refractivity (Wildman–Crippen MR) is 85.5 cm³/mol. The Morgan fingerprint density at radius 1 is 1.04 bits per heavy atom. The lowest BCUT2D eigenvalue weighted by Crippen LogP contribution is -2.33. The van der Waals surface area contributed by atoms with Gasteiger partial charge in [0.05, 0.1) is 6.54 Å². The smallest absolute Gasteiger partial charge is 0.282 e. The molecule has 1 atom stereocenters. The van der Waals surface area contributed by atoms with Crippen LogP contribution in [0.15, 0.2) is 48.5 Å². The maximum atomic E-state index is 13.8. The van der Waals surface area contributed by atoms with E-state index in [0.29, 0.717) is 11.3 Å². The Bertz CT molecular complexity index is 758. The van der Waals surface area contributed by atoms with Gasteiger partial charge in [-0.25, -0.2) is 9.18 Å². The van der Waals surface area contributed by atoms with E-state index in [0.717, 1.165) is 10.5 Å². The van der Waals surface area contributed by atoms with Gasteiger partial charge in [0.2, 0.25) is 0 Å². The topological polar surface area (TPSA) is 40.6 Å². The molecule has 5 heteroatoms. The first kappa shape index (κ1) is 15.2. The summed E-state index contributed by atoms with van der Waals surface area (Å²) in [7, 11) is 0. The maximum Gasteiger partial charge on any atom is 0.332 e. The molecule has 3 rings (SSSR count). The summed E-state index contributed by atoms with van der Waals surface area (Å²) in [4.78, 5) is 27.6. The number of amides is 3. The highest BCUT2D eigenvalue weighted by molar-refractivity contribution is 6.13. The number of carbonyl (C=O) groups is 2. The van der Waals surface area contributed by atoms with E-state index in [1.54, 1.807) is 25.1 Å². The molecule has 1 unspecified atom stereocenters. The van der Waals surface area contributed by atoms with Crippen LogP contribution in [-0.4, -0.2) is 22.9 Å². The second-order valence-electron chi connectivity index (χ2n) is 5.68. The van der Waals surface area contributed by atoms with Gasteiger partial charge in [-0.3, -0.25) is 14.6 Å². The van der Waals surface area contributed by atoms with Crippen LogP contribution in [0.25, 0.3) is 0 Å². The van der Waals surface area contributed by atoms with Crippen LogP contribution in [0.4, 0.5) is 14.9 Å². The Kier molecular flexibility index (Phi) is 3.86. The number of halogens is 1. The molecule has 2 aromatic carbocycles. The van der Waals surface area contributed by atoms with Crippen LogP contribution in [0.1, 0.15) is 18.1 Å². The molecule has 1 heterocycles. The zero-order chi connectivity index (χ0) is 16.6. The van der Waals surface area contributed by atoms with Gasteiger partial charge < -0.3 is 0 Å². The number of benzene rings is 2. The molecule has 1 aliphatic rings. The number of anilines is 1. The van der Waals surface area contributed by atoms with Crippen LogP contribution in [0, 0.1) is 12.7 Å². The van der Waals surface area contributed by atoms with Crippen LogP contribution >= 0.6 is 0 Å². The van der Waals surface area contributed by atoms with Crippen LogP contribution in [0.2, 0.25) is 0 Å². The van der Waals surface area contributed by atoms with Crippen molar-refractivity contribution >= 4 is 17.6 Å². The molecule has 1 fully saturated rings. The van der Waals surface area contributed by atoms with E-state index in [2.05, 4.69) is 0 Å². The molecule has 0 radical (unpaired) electrons. The Morgan fingerprint density at radius 2 is 1.70 bits per heavy atom. The molecule has 0 spiro atoms. The number of nitrogens with zero attached hydrogens (tertiary/aromatic N) is 2. The number of aryl methyl sites for hydroxylation is 1. The van der Waals surface area contributed by atoms with E-state index in [1.807, 2.05) is 31.2 Å². The van der Waals surface area contributed by atoms with Gasteiger partial charge in [0.1, 0.15) is 11.9 Å². The predicted octanol–water partition coefficient (Wildman–Crippen LogP) is 3.49. The van der Waals surface area contributed by atoms with Gasteiger partial charge in [-0.15, -0.1) is 0 Å². The van der Waals surface area contributed by atoms with Crippen LogP contribution in [0.5, 0.6) is 0 Å². The van der Waals surface area contributed by atoms with Gasteiger partial charge in [-0.05, 0) is 32.0 Å². The second-order valence-corrected chi connectivity index (χ2v) is 5.68. The summed E-state index contributed by atoms with van der Waals surface area (Å²) in [6.07, 6.45) is 0. The van der Waals surface area contributed by atoms with Gasteiger partial charge in [0.15, 0.2) is 0 Å². The van der Waals surface area contributed by atoms with Crippen molar-refractivity contribution < 1.29 is 14.0 Å². The number of imide groups is 1. The molecule has 0 N–H and O–H groups in total. The molecular formula is C18H17FN2O2. The Labute approximate surface area is 134 Å². The zero-order valence-electron chi connectivity index (χ0n) is 13.0. The lowest BCUT2D eigenvalue weighted by Gasteiger charge is -2.19. The SMILES string of the molecule is Cc1ccc(N2C(=O)N(Cc3ccccc3F)C(=O)C2C)cc1. The number of hydrogen-bond acceptors (Lipinski definition) is 2. The molecule has 1 saturated heterocycles. The number of rotatable bonds is 3. The third kappa shape index (κ3) is 2.70. The van der Waals surface area contributed by atoms with Crippen molar-refractivity contribution in [3.05, 3.63) is 65.5 Å². The maximum absolute atomic E-state index is 13.8. The lowest BCUT2D eigenvalue weighted by molar-refractivity contribution is -0.127. The van der Waals surface area contributed by atoms with Crippen molar-refractivity contribution in [3.8, 4) is 0 Å². The molecule has 2 aromatic rings. The summed E-state index contributed by atoms with van der Waals surface area (Å²) in [5.74, 6) is -0.742. The first-order valence-corrected chi connectivity index (χ1v) is 7.43. The molecule has 1 aliphatic heterocycles. The standard InChI is InChI=1S/C18H17FN2O2/c1-12-7-9-15(10-8-12)21-13(2)17(22)20(18(21)23)11-14-5-3-4-6-16(14)19/h3-10,13H,11H2,1-2H3. The van der Waals surface area contributed by atoms with Crippen molar-refractivity contribution in [2.45, 2.75) is 26.4 Å². The van der Waals surface area contributed by atoms with E-state index >= 15 is 0 Å². The third-order valence-corrected chi connectivity index (χ3v) is 4.05. The average molecular weight is 312 g/mol. The van der Waals surface area contributed by atoms with Gasteiger partial charge >= 0.3 is 6.03 Å². The van der Waals surface area contributed by atoms with E-state index < -0.39 is 17.9 Å². The first-order valence-electron chi connectivity index (χ1n) is 7.43. The largest absolute Gasteiger partial charge is 0.332 e. The fourth-order valence-electron chi connectivity index (χ4n) is 2.71. The van der Waals surface area contributed by atoms with E-state index in [4.69, 9.17) is 0 Å². The summed E-state index contributed by atoms with van der Waals surface area (Å²) in [5.41, 5.74) is 2.06. The summed E-state index contributed by atoms with van der Waals surface area (Å²) < 4.78 is 13.8. The van der Waals surface area contributed by atoms with Crippen molar-refractivity contribution in [2.24, 2.45) is 0 Å². The fraction of sp³-hybridized carbons (Fsp3) is 0.222. The quantitative estimate of drug-likeness (QED) is 0.814. The zero-order valence-corrected chi connectivity index (χ0v) is 13.0. The average Bonchev–Trinajstić information content (AvgIpc) is 2.74. The summed E-state index contributed by atoms with van der Waals surface area (Å²) in [6, 6.07) is 12.5. The Hall–Kier alpha value is -2.69.